The third-order valence-corrected chi connectivity index (χ3v) is 10.7. The highest BCUT2D eigenvalue weighted by atomic mass is 32.2. The maximum Gasteiger partial charge on any atom is 0.246 e. The molecule has 3 aliphatic heterocycles. The van der Waals surface area contributed by atoms with Gasteiger partial charge in [0.1, 0.15) is 42.3 Å². The molecule has 3 saturated heterocycles. The second kappa shape index (κ2) is 20.4. The molecular formula is C35H60N10O8S. The number of nitrogens with zero attached hydrogens (tertiary/aromatic N) is 3. The molecule has 3 aliphatic rings. The number of hydrogen-bond donors (Lipinski definition) is 7. The summed E-state index contributed by atoms with van der Waals surface area (Å²) in [6.07, 6.45) is 3.81. The normalized spacial score (nSPS) is 28.7. The minimum Gasteiger partial charge on any atom is -0.370 e. The van der Waals surface area contributed by atoms with Crippen molar-refractivity contribution in [1.82, 2.24) is 36.4 Å². The van der Waals surface area contributed by atoms with Crippen LogP contribution in [0.15, 0.2) is 4.99 Å². The topological polar surface area (TPSA) is 268 Å². The summed E-state index contributed by atoms with van der Waals surface area (Å²) in [6, 6.07) is -7.43. The third-order valence-electron chi connectivity index (χ3n) is 9.89. The number of rotatable bonds is 10. The van der Waals surface area contributed by atoms with Crippen molar-refractivity contribution in [2.45, 2.75) is 128 Å². The molecule has 0 spiro atoms. The van der Waals surface area contributed by atoms with Crippen molar-refractivity contribution < 1.29 is 37.8 Å². The lowest BCUT2D eigenvalue weighted by molar-refractivity contribution is -0.148. The van der Waals surface area contributed by atoms with Crippen LogP contribution in [0.2, 0.25) is 0 Å². The molecule has 9 N–H and O–H groups in total. The van der Waals surface area contributed by atoms with Crippen molar-refractivity contribution in [3.05, 3.63) is 0 Å². The van der Waals surface area contributed by atoms with Crippen LogP contribution in [0.3, 0.4) is 0 Å². The predicted molar refractivity (Wildman–Crippen MR) is 203 cm³/mol. The van der Waals surface area contributed by atoms with Crippen LogP contribution in [-0.4, -0.2) is 135 Å². The molecule has 3 rings (SSSR count). The van der Waals surface area contributed by atoms with E-state index in [0.29, 0.717) is 32.1 Å². The molecule has 0 bridgehead atoms. The Bertz CT molecular complexity index is 1450. The van der Waals surface area contributed by atoms with Gasteiger partial charge in [-0.25, -0.2) is 0 Å². The van der Waals surface area contributed by atoms with Gasteiger partial charge in [0.2, 0.25) is 41.4 Å². The SMILES string of the molecule is CC(C)C[C@@H]1NC(=O)[C@H](CCS(C)=O)NC(=O)[C@H](C(C)C)NC(=O)[C@H](C)NC(=O)[C@@H]2CCCN2C(=O)[C@@H]2CCCN2C(=O)[C@H](CCCN=C(N)N)NC1=O. The molecular weight excluding hydrogens is 721 g/mol. The van der Waals surface area contributed by atoms with Gasteiger partial charge in [-0.3, -0.25) is 42.8 Å². The van der Waals surface area contributed by atoms with E-state index in [-0.39, 0.29) is 56.5 Å². The van der Waals surface area contributed by atoms with Gasteiger partial charge < -0.3 is 47.9 Å². The number of amides is 7. The van der Waals surface area contributed by atoms with Crippen molar-refractivity contribution >= 4 is 58.1 Å². The highest BCUT2D eigenvalue weighted by Crippen LogP contribution is 2.26. The van der Waals surface area contributed by atoms with Crippen molar-refractivity contribution in [2.24, 2.45) is 28.3 Å². The zero-order valence-electron chi connectivity index (χ0n) is 32.4. The lowest BCUT2D eigenvalue weighted by Gasteiger charge is -2.33. The monoisotopic (exact) mass is 780 g/mol. The lowest BCUT2D eigenvalue weighted by Crippen LogP contribution is -2.60. The van der Waals surface area contributed by atoms with E-state index < -0.39 is 100 Å². The van der Waals surface area contributed by atoms with Gasteiger partial charge in [-0.1, -0.05) is 27.7 Å². The summed E-state index contributed by atoms with van der Waals surface area (Å²) >= 11 is 0. The summed E-state index contributed by atoms with van der Waals surface area (Å²) in [5.74, 6) is -4.73. The molecule has 0 aromatic carbocycles. The minimum atomic E-state index is -1.33. The molecule has 1 unspecified atom stereocenters. The van der Waals surface area contributed by atoms with Gasteiger partial charge in [0, 0.05) is 42.4 Å². The number of fused-ring (bicyclic) bond motifs is 2. The van der Waals surface area contributed by atoms with E-state index in [4.69, 9.17) is 11.5 Å². The van der Waals surface area contributed by atoms with Crippen LogP contribution in [0.4, 0.5) is 0 Å². The fourth-order valence-electron chi connectivity index (χ4n) is 6.99. The zero-order valence-corrected chi connectivity index (χ0v) is 33.2. The van der Waals surface area contributed by atoms with Crippen molar-refractivity contribution in [2.75, 3.05) is 31.6 Å². The van der Waals surface area contributed by atoms with Crippen LogP contribution in [-0.2, 0) is 44.4 Å². The number of carbonyl (C=O) groups excluding carboxylic acids is 7. The van der Waals surface area contributed by atoms with Gasteiger partial charge >= 0.3 is 0 Å². The van der Waals surface area contributed by atoms with Crippen LogP contribution in [0.5, 0.6) is 0 Å². The Hall–Kier alpha value is -4.29. The second-order valence-electron chi connectivity index (χ2n) is 15.2. The minimum absolute atomic E-state index is 0.0317. The third kappa shape index (κ3) is 12.4. The Morgan fingerprint density at radius 1 is 0.741 bits per heavy atom. The van der Waals surface area contributed by atoms with Gasteiger partial charge in [-0.15, -0.1) is 0 Å². The van der Waals surface area contributed by atoms with Crippen LogP contribution in [0.25, 0.3) is 0 Å². The first-order valence-electron chi connectivity index (χ1n) is 18.9. The Morgan fingerprint density at radius 3 is 1.91 bits per heavy atom. The number of hydrogen-bond acceptors (Lipinski definition) is 9. The predicted octanol–water partition coefficient (Wildman–Crippen LogP) is -2.05. The number of guanidine groups is 1. The molecule has 3 heterocycles. The maximum atomic E-state index is 14.3. The van der Waals surface area contributed by atoms with Crippen LogP contribution >= 0.6 is 0 Å². The first-order chi connectivity index (χ1) is 25.4. The fourth-order valence-corrected chi connectivity index (χ4v) is 7.56. The number of nitrogens with one attached hydrogen (secondary N) is 5. The number of carbonyl (C=O) groups is 7. The molecule has 0 radical (unpaired) electrons. The molecule has 3 fully saturated rings. The van der Waals surface area contributed by atoms with Gasteiger partial charge in [-0.05, 0) is 70.1 Å². The van der Waals surface area contributed by atoms with E-state index in [1.807, 2.05) is 13.8 Å². The standard InChI is InChI=1S/C35H60N10O8S/c1-19(2)18-24-30(48)41-23(10-7-14-38-35(36)37)33(51)45-16-9-12-26(45)34(52)44-15-8-11-25(44)31(49)39-21(5)28(46)43-27(20(3)4)32(50)40-22(29(47)42-24)13-17-54(6)53/h19-27H,7-18H2,1-6H3,(H,39,49)(H,40,50)(H,41,48)(H,42,47)(H,43,46)(H4,36,37,38)/t21-,22-,23-,24-,25-,26-,27-,54?/m0/s1. The van der Waals surface area contributed by atoms with Gasteiger partial charge in [0.15, 0.2) is 5.96 Å². The largest absolute Gasteiger partial charge is 0.370 e. The number of nitrogens with two attached hydrogens (primary N) is 2. The quantitative estimate of drug-likeness (QED) is 0.0725. The average molecular weight is 781 g/mol. The van der Waals surface area contributed by atoms with Gasteiger partial charge in [0.25, 0.3) is 0 Å². The second-order valence-corrected chi connectivity index (χ2v) is 16.7. The first-order valence-corrected chi connectivity index (χ1v) is 20.6. The molecule has 7 amide bonds. The van der Waals surface area contributed by atoms with Crippen LogP contribution in [0, 0.1) is 11.8 Å². The molecule has 0 aromatic heterocycles. The summed E-state index contributed by atoms with van der Waals surface area (Å²) in [7, 11) is -1.33. The van der Waals surface area contributed by atoms with Crippen molar-refractivity contribution in [3.8, 4) is 0 Å². The van der Waals surface area contributed by atoms with E-state index in [9.17, 15) is 37.8 Å². The Labute approximate surface area is 319 Å². The molecule has 0 aliphatic carbocycles. The molecule has 304 valence electrons. The summed E-state index contributed by atoms with van der Waals surface area (Å²) in [5.41, 5.74) is 11.0. The summed E-state index contributed by atoms with van der Waals surface area (Å²) in [4.78, 5) is 104. The van der Waals surface area contributed by atoms with Crippen LogP contribution in [0.1, 0.15) is 86.0 Å². The van der Waals surface area contributed by atoms with E-state index in [2.05, 4.69) is 31.6 Å². The fraction of sp³-hybridized carbons (Fsp3) is 0.771. The summed E-state index contributed by atoms with van der Waals surface area (Å²) in [6.45, 7) is 9.31. The highest BCUT2D eigenvalue weighted by Gasteiger charge is 2.44. The van der Waals surface area contributed by atoms with E-state index in [0.717, 1.165) is 0 Å². The lowest BCUT2D eigenvalue weighted by atomic mass is 10.0. The average Bonchev–Trinajstić information content (AvgIpc) is 3.79. The Kier molecular flexibility index (Phi) is 16.7. The van der Waals surface area contributed by atoms with Crippen LogP contribution < -0.4 is 38.1 Å². The van der Waals surface area contributed by atoms with Gasteiger partial charge in [0.05, 0.1) is 0 Å². The molecule has 54 heavy (non-hydrogen) atoms. The van der Waals surface area contributed by atoms with Gasteiger partial charge in [-0.2, -0.15) is 0 Å². The molecule has 0 aromatic rings. The van der Waals surface area contributed by atoms with E-state index in [1.54, 1.807) is 13.8 Å². The first kappa shape index (κ1) is 44.1. The van der Waals surface area contributed by atoms with E-state index in [1.165, 1.54) is 23.0 Å². The summed E-state index contributed by atoms with van der Waals surface area (Å²) in [5, 5.41) is 13.6. The Morgan fingerprint density at radius 2 is 1.31 bits per heavy atom. The maximum absolute atomic E-state index is 14.3. The molecule has 18 nitrogen and oxygen atoms in total. The smallest absolute Gasteiger partial charge is 0.246 e. The summed E-state index contributed by atoms with van der Waals surface area (Å²) < 4.78 is 12.1. The Balaban J connectivity index is 2.07. The van der Waals surface area contributed by atoms with Crippen molar-refractivity contribution in [1.29, 1.82) is 0 Å². The number of aliphatic imine (C=N–C) groups is 1. The molecule has 8 atom stereocenters. The van der Waals surface area contributed by atoms with Crippen molar-refractivity contribution in [3.63, 3.8) is 0 Å². The zero-order chi connectivity index (χ0) is 40.3. The van der Waals surface area contributed by atoms with E-state index >= 15 is 0 Å². The molecule has 19 heteroatoms. The molecule has 0 saturated carbocycles. The highest BCUT2D eigenvalue weighted by molar-refractivity contribution is 7.84.